The number of rotatable bonds is 6. The number of nitrogens with zero attached hydrogens (tertiary/aromatic N) is 2. The Hall–Kier alpha value is -2.48. The summed E-state index contributed by atoms with van der Waals surface area (Å²) in [4.78, 5) is 32.3. The average Bonchev–Trinajstić information content (AvgIpc) is 3.00. The first kappa shape index (κ1) is 21.2. The first-order valence-corrected chi connectivity index (χ1v) is 10.4. The monoisotopic (exact) mass is 418 g/mol. The summed E-state index contributed by atoms with van der Waals surface area (Å²) in [5.41, 5.74) is 1.65. The van der Waals surface area contributed by atoms with E-state index in [4.69, 9.17) is 14.2 Å². The van der Waals surface area contributed by atoms with E-state index in [9.17, 15) is 9.59 Å². The molecule has 0 saturated carbocycles. The minimum absolute atomic E-state index is 0.0571. The van der Waals surface area contributed by atoms with Crippen LogP contribution in [0, 0.1) is 0 Å². The van der Waals surface area contributed by atoms with E-state index in [0.29, 0.717) is 34.4 Å². The Balaban J connectivity index is 2.16. The summed E-state index contributed by atoms with van der Waals surface area (Å²) >= 11 is 1.43. The first-order valence-electron chi connectivity index (χ1n) is 9.54. The normalized spacial score (nSPS) is 21.3. The van der Waals surface area contributed by atoms with Crippen LogP contribution in [0.4, 0.5) is 0 Å². The van der Waals surface area contributed by atoms with Gasteiger partial charge in [0, 0.05) is 0 Å². The topological polar surface area (TPSA) is 77.4 Å². The zero-order valence-corrected chi connectivity index (χ0v) is 18.3. The van der Waals surface area contributed by atoms with Crippen molar-refractivity contribution in [2.24, 2.45) is 4.99 Å². The molecule has 8 heteroatoms. The van der Waals surface area contributed by atoms with Gasteiger partial charge in [-0.15, -0.1) is 0 Å². The van der Waals surface area contributed by atoms with Crippen molar-refractivity contribution < 1.29 is 23.8 Å². The molecule has 2 unspecified atom stereocenters. The molecule has 2 aliphatic heterocycles. The molecule has 2 aliphatic rings. The standard InChI is InChI=1S/C21H26N2O5S/c1-7-16-19(24)23-18(13-8-9-14(26-5)15(10-13)27-6)17(20(25)28-11(2)3)12(4)22-21(23)29-16/h8-11,16,18H,7H2,1-6H3. The number of amides is 1. The number of methoxy groups -OCH3 is 2. The van der Waals surface area contributed by atoms with Crippen LogP contribution in [-0.4, -0.2) is 47.5 Å². The van der Waals surface area contributed by atoms with Crippen LogP contribution < -0.4 is 9.47 Å². The highest BCUT2D eigenvalue weighted by molar-refractivity contribution is 8.15. The minimum atomic E-state index is -0.634. The smallest absolute Gasteiger partial charge is 0.338 e. The van der Waals surface area contributed by atoms with Crippen molar-refractivity contribution in [1.82, 2.24) is 4.90 Å². The number of thioether (sulfide) groups is 1. The molecule has 2 heterocycles. The van der Waals surface area contributed by atoms with Crippen molar-refractivity contribution in [2.75, 3.05) is 14.2 Å². The van der Waals surface area contributed by atoms with Crippen LogP contribution in [0.25, 0.3) is 0 Å². The van der Waals surface area contributed by atoms with E-state index < -0.39 is 12.0 Å². The largest absolute Gasteiger partial charge is 0.493 e. The molecule has 0 aliphatic carbocycles. The summed E-state index contributed by atoms with van der Waals surface area (Å²) in [6.07, 6.45) is 0.397. The molecule has 7 nitrogen and oxygen atoms in total. The molecule has 1 aromatic carbocycles. The van der Waals surface area contributed by atoms with Crippen LogP contribution in [0.15, 0.2) is 34.5 Å². The van der Waals surface area contributed by atoms with Gasteiger partial charge >= 0.3 is 5.97 Å². The lowest BCUT2D eigenvalue weighted by molar-refractivity contribution is -0.143. The fourth-order valence-corrected chi connectivity index (χ4v) is 4.60. The minimum Gasteiger partial charge on any atom is -0.493 e. The highest BCUT2D eigenvalue weighted by Gasteiger charge is 2.47. The van der Waals surface area contributed by atoms with Crippen LogP contribution in [0.3, 0.4) is 0 Å². The Labute approximate surface area is 175 Å². The highest BCUT2D eigenvalue weighted by atomic mass is 32.2. The summed E-state index contributed by atoms with van der Waals surface area (Å²) in [6.45, 7) is 7.33. The third-order valence-corrected chi connectivity index (χ3v) is 6.13. The van der Waals surface area contributed by atoms with E-state index >= 15 is 0 Å². The van der Waals surface area contributed by atoms with Gasteiger partial charge in [-0.25, -0.2) is 9.79 Å². The number of carbonyl (C=O) groups is 2. The molecule has 1 amide bonds. The summed E-state index contributed by atoms with van der Waals surface area (Å²) in [7, 11) is 3.11. The summed E-state index contributed by atoms with van der Waals surface area (Å²) in [6, 6.07) is 4.76. The first-order chi connectivity index (χ1) is 13.8. The lowest BCUT2D eigenvalue weighted by atomic mass is 9.93. The number of hydrogen-bond acceptors (Lipinski definition) is 7. The second-order valence-corrected chi connectivity index (χ2v) is 8.26. The van der Waals surface area contributed by atoms with Gasteiger partial charge in [0.1, 0.15) is 0 Å². The van der Waals surface area contributed by atoms with Gasteiger partial charge in [0.25, 0.3) is 0 Å². The third kappa shape index (κ3) is 3.85. The Morgan fingerprint density at radius 2 is 1.93 bits per heavy atom. The molecule has 2 atom stereocenters. The van der Waals surface area contributed by atoms with Crippen LogP contribution in [0.5, 0.6) is 11.5 Å². The van der Waals surface area contributed by atoms with Crippen LogP contribution in [-0.2, 0) is 14.3 Å². The quantitative estimate of drug-likeness (QED) is 0.656. The van der Waals surface area contributed by atoms with Gasteiger partial charge in [0.05, 0.1) is 42.9 Å². The molecule has 0 spiro atoms. The number of esters is 1. The number of amidine groups is 1. The van der Waals surface area contributed by atoms with Crippen LogP contribution in [0.1, 0.15) is 45.7 Å². The van der Waals surface area contributed by atoms with Crippen LogP contribution in [0.2, 0.25) is 0 Å². The van der Waals surface area contributed by atoms with Crippen molar-refractivity contribution in [1.29, 1.82) is 0 Å². The van der Waals surface area contributed by atoms with Gasteiger partial charge in [-0.1, -0.05) is 24.8 Å². The molecule has 156 valence electrons. The Morgan fingerprint density at radius 1 is 1.24 bits per heavy atom. The zero-order valence-electron chi connectivity index (χ0n) is 17.5. The van der Waals surface area contributed by atoms with Gasteiger partial charge in [-0.3, -0.25) is 9.69 Å². The Kier molecular flexibility index (Phi) is 6.21. The molecule has 3 rings (SSSR count). The molecule has 1 fully saturated rings. The van der Waals surface area contributed by atoms with Gasteiger partial charge < -0.3 is 14.2 Å². The number of fused-ring (bicyclic) bond motifs is 1. The molecular weight excluding hydrogens is 392 g/mol. The number of benzene rings is 1. The fraction of sp³-hybridized carbons (Fsp3) is 0.476. The van der Waals surface area contributed by atoms with Gasteiger partial charge in [-0.05, 0) is 44.9 Å². The number of hydrogen-bond donors (Lipinski definition) is 0. The summed E-state index contributed by atoms with van der Waals surface area (Å²) in [5.74, 6) is 0.562. The van der Waals surface area contributed by atoms with E-state index in [-0.39, 0.29) is 17.3 Å². The predicted molar refractivity (Wildman–Crippen MR) is 112 cm³/mol. The number of allylic oxidation sites excluding steroid dienone is 1. The summed E-state index contributed by atoms with van der Waals surface area (Å²) in [5, 5.41) is 0.393. The molecule has 0 N–H and O–H groups in total. The maximum absolute atomic E-state index is 13.1. The lowest BCUT2D eigenvalue weighted by Crippen LogP contribution is -2.41. The zero-order chi connectivity index (χ0) is 21.3. The SMILES string of the molecule is CCC1SC2=NC(C)=C(C(=O)OC(C)C)C(c3ccc(OC)c(OC)c3)N2C1=O. The number of aliphatic imine (C=N–C) groups is 1. The number of carbonyl (C=O) groups excluding carboxylic acids is 2. The molecule has 1 saturated heterocycles. The second-order valence-electron chi connectivity index (χ2n) is 7.09. The molecule has 29 heavy (non-hydrogen) atoms. The number of ether oxygens (including phenoxy) is 3. The van der Waals surface area contributed by atoms with Crippen molar-refractivity contribution >= 4 is 28.8 Å². The molecule has 0 aromatic heterocycles. The van der Waals surface area contributed by atoms with Crippen LogP contribution >= 0.6 is 11.8 Å². The summed E-state index contributed by atoms with van der Waals surface area (Å²) < 4.78 is 16.3. The second kappa shape index (κ2) is 8.49. The molecule has 0 bridgehead atoms. The van der Waals surface area contributed by atoms with E-state index in [1.165, 1.54) is 11.8 Å². The maximum Gasteiger partial charge on any atom is 0.338 e. The van der Waals surface area contributed by atoms with Gasteiger partial charge in [0.2, 0.25) is 5.91 Å². The van der Waals surface area contributed by atoms with Crippen molar-refractivity contribution in [3.05, 3.63) is 35.0 Å². The molecular formula is C21H26N2O5S. The van der Waals surface area contributed by atoms with Gasteiger partial charge in [-0.2, -0.15) is 0 Å². The van der Waals surface area contributed by atoms with E-state index in [1.54, 1.807) is 52.0 Å². The highest BCUT2D eigenvalue weighted by Crippen LogP contribution is 2.45. The average molecular weight is 419 g/mol. The van der Waals surface area contributed by atoms with E-state index in [1.807, 2.05) is 13.0 Å². The van der Waals surface area contributed by atoms with Crippen molar-refractivity contribution in [3.8, 4) is 11.5 Å². The van der Waals surface area contributed by atoms with E-state index in [2.05, 4.69) is 4.99 Å². The molecule has 1 aromatic rings. The third-order valence-electron chi connectivity index (χ3n) is 4.81. The Morgan fingerprint density at radius 3 is 2.52 bits per heavy atom. The van der Waals surface area contributed by atoms with Crippen molar-refractivity contribution in [2.45, 2.75) is 51.5 Å². The van der Waals surface area contributed by atoms with Gasteiger partial charge in [0.15, 0.2) is 16.7 Å². The lowest BCUT2D eigenvalue weighted by Gasteiger charge is -2.33. The Bertz CT molecular complexity index is 893. The van der Waals surface area contributed by atoms with Crippen molar-refractivity contribution in [3.63, 3.8) is 0 Å². The molecule has 0 radical (unpaired) electrons. The van der Waals surface area contributed by atoms with E-state index in [0.717, 1.165) is 5.56 Å². The maximum atomic E-state index is 13.1. The predicted octanol–water partition coefficient (Wildman–Crippen LogP) is 3.69. The fourth-order valence-electron chi connectivity index (χ4n) is 3.47.